The van der Waals surface area contributed by atoms with Crippen molar-refractivity contribution in [2.24, 2.45) is 0 Å². The highest BCUT2D eigenvalue weighted by atomic mass is 16.5. The average Bonchev–Trinajstić information content (AvgIpc) is 2.94. The lowest BCUT2D eigenvalue weighted by Crippen LogP contribution is -2.51. The smallest absolute Gasteiger partial charge is 0.261 e. The maximum Gasteiger partial charge on any atom is 0.261 e. The number of ether oxygens (including phenoxy) is 2. The number of amides is 2. The Kier molecular flexibility index (Phi) is 11.2. The van der Waals surface area contributed by atoms with Crippen LogP contribution in [0.2, 0.25) is 0 Å². The molecule has 0 heterocycles. The van der Waals surface area contributed by atoms with Gasteiger partial charge in [0.15, 0.2) is 6.61 Å². The van der Waals surface area contributed by atoms with Crippen LogP contribution in [-0.4, -0.2) is 43.0 Å². The Morgan fingerprint density at radius 3 is 2.34 bits per heavy atom. The molecule has 3 aromatic rings. The van der Waals surface area contributed by atoms with Crippen LogP contribution < -0.4 is 14.8 Å². The van der Waals surface area contributed by atoms with Crippen molar-refractivity contribution in [3.8, 4) is 11.5 Å². The fourth-order valence-corrected chi connectivity index (χ4v) is 4.34. The molecule has 0 saturated carbocycles. The molecule has 38 heavy (non-hydrogen) atoms. The molecule has 6 heteroatoms. The van der Waals surface area contributed by atoms with Gasteiger partial charge in [-0.05, 0) is 47.2 Å². The molecule has 2 amide bonds. The van der Waals surface area contributed by atoms with Crippen LogP contribution in [0.4, 0.5) is 0 Å². The quantitative estimate of drug-likeness (QED) is 0.277. The van der Waals surface area contributed by atoms with E-state index in [9.17, 15) is 9.59 Å². The largest absolute Gasteiger partial charge is 0.497 e. The Bertz CT molecular complexity index is 1160. The van der Waals surface area contributed by atoms with E-state index in [2.05, 4.69) is 26.1 Å². The second kappa shape index (κ2) is 14.8. The van der Waals surface area contributed by atoms with Gasteiger partial charge in [-0.1, -0.05) is 87.9 Å². The van der Waals surface area contributed by atoms with Crippen LogP contribution in [0.15, 0.2) is 78.9 Å². The number of hydrogen-bond donors (Lipinski definition) is 1. The van der Waals surface area contributed by atoms with Crippen molar-refractivity contribution >= 4 is 11.8 Å². The molecule has 0 aliphatic heterocycles. The Hall–Kier alpha value is -3.80. The van der Waals surface area contributed by atoms with Gasteiger partial charge in [-0.3, -0.25) is 9.59 Å². The van der Waals surface area contributed by atoms with Crippen LogP contribution >= 0.6 is 0 Å². The van der Waals surface area contributed by atoms with Gasteiger partial charge in [0.25, 0.3) is 5.91 Å². The van der Waals surface area contributed by atoms with Gasteiger partial charge in [0, 0.05) is 19.5 Å². The maximum atomic E-state index is 13.8. The number of methoxy groups -OCH3 is 1. The topological polar surface area (TPSA) is 67.9 Å². The van der Waals surface area contributed by atoms with E-state index in [1.165, 1.54) is 0 Å². The normalized spacial score (nSPS) is 11.6. The Balaban J connectivity index is 1.92. The van der Waals surface area contributed by atoms with E-state index in [4.69, 9.17) is 9.47 Å². The first-order valence-electron chi connectivity index (χ1n) is 13.4. The van der Waals surface area contributed by atoms with Crippen molar-refractivity contribution in [2.45, 2.75) is 58.5 Å². The molecule has 0 saturated heterocycles. The first-order chi connectivity index (χ1) is 18.4. The van der Waals surface area contributed by atoms with Crippen molar-refractivity contribution in [3.63, 3.8) is 0 Å². The number of carbonyl (C=O) groups excluding carboxylic acids is 2. The fraction of sp³-hybridized carbons (Fsp3) is 0.375. The molecular weight excluding hydrogens is 476 g/mol. The molecule has 3 rings (SSSR count). The molecule has 3 aromatic carbocycles. The zero-order valence-corrected chi connectivity index (χ0v) is 23.0. The zero-order chi connectivity index (χ0) is 27.3. The van der Waals surface area contributed by atoms with Crippen LogP contribution in [0.5, 0.6) is 11.5 Å². The van der Waals surface area contributed by atoms with Crippen molar-refractivity contribution in [2.75, 3.05) is 20.3 Å². The highest BCUT2D eigenvalue weighted by Crippen LogP contribution is 2.26. The lowest BCUT2D eigenvalue weighted by molar-refractivity contribution is -0.142. The van der Waals surface area contributed by atoms with E-state index >= 15 is 0 Å². The molecule has 0 aliphatic carbocycles. The minimum absolute atomic E-state index is 0.165. The second-order valence-corrected chi connectivity index (χ2v) is 9.70. The third-order valence-corrected chi connectivity index (χ3v) is 6.48. The third kappa shape index (κ3) is 8.37. The number of rotatable bonds is 14. The van der Waals surface area contributed by atoms with Gasteiger partial charge in [-0.25, -0.2) is 0 Å². The van der Waals surface area contributed by atoms with Gasteiger partial charge in [0.1, 0.15) is 17.5 Å². The molecule has 0 aromatic heterocycles. The maximum absolute atomic E-state index is 13.8. The fourth-order valence-electron chi connectivity index (χ4n) is 4.34. The van der Waals surface area contributed by atoms with Gasteiger partial charge in [-0.15, -0.1) is 0 Å². The SMILES string of the molecule is CCCCNC(=O)C(Cc1ccccc1)N(Cc1cccc(OC)c1)C(=O)COc1ccccc1C(C)C. The monoisotopic (exact) mass is 516 g/mol. The molecular formula is C32H40N2O4. The third-order valence-electron chi connectivity index (χ3n) is 6.48. The average molecular weight is 517 g/mol. The predicted molar refractivity (Wildman–Crippen MR) is 151 cm³/mol. The Labute approximate surface area is 227 Å². The number of para-hydroxylation sites is 1. The summed E-state index contributed by atoms with van der Waals surface area (Å²) >= 11 is 0. The number of unbranched alkanes of at least 4 members (excludes halogenated alkanes) is 1. The molecule has 0 fully saturated rings. The van der Waals surface area contributed by atoms with Gasteiger partial charge in [-0.2, -0.15) is 0 Å². The highest BCUT2D eigenvalue weighted by Gasteiger charge is 2.30. The first-order valence-corrected chi connectivity index (χ1v) is 13.4. The summed E-state index contributed by atoms with van der Waals surface area (Å²) in [6, 6.07) is 24.4. The van der Waals surface area contributed by atoms with Crippen molar-refractivity contribution in [1.29, 1.82) is 0 Å². The van der Waals surface area contributed by atoms with E-state index in [-0.39, 0.29) is 30.9 Å². The van der Waals surface area contributed by atoms with Gasteiger partial charge in [0.2, 0.25) is 5.91 Å². The minimum atomic E-state index is -0.697. The van der Waals surface area contributed by atoms with E-state index in [1.807, 2.05) is 78.9 Å². The van der Waals surface area contributed by atoms with E-state index in [0.717, 1.165) is 29.5 Å². The summed E-state index contributed by atoms with van der Waals surface area (Å²) < 4.78 is 11.5. The van der Waals surface area contributed by atoms with E-state index in [0.29, 0.717) is 24.5 Å². The van der Waals surface area contributed by atoms with Crippen molar-refractivity contribution < 1.29 is 19.1 Å². The van der Waals surface area contributed by atoms with Gasteiger partial charge in [0.05, 0.1) is 7.11 Å². The van der Waals surface area contributed by atoms with Gasteiger partial charge >= 0.3 is 0 Å². The summed E-state index contributed by atoms with van der Waals surface area (Å²) in [6.45, 7) is 6.93. The Morgan fingerprint density at radius 2 is 1.63 bits per heavy atom. The number of nitrogens with one attached hydrogen (secondary N) is 1. The molecule has 202 valence electrons. The van der Waals surface area contributed by atoms with E-state index in [1.54, 1.807) is 12.0 Å². The summed E-state index contributed by atoms with van der Waals surface area (Å²) in [7, 11) is 1.61. The standard InChI is InChI=1S/C32H40N2O4/c1-5-6-19-33-32(36)29(21-25-13-8-7-9-14-25)34(22-26-15-12-16-27(20-26)37-4)31(35)23-38-30-18-11-10-17-28(30)24(2)3/h7-18,20,24,29H,5-6,19,21-23H2,1-4H3,(H,33,36). The molecule has 0 aliphatic rings. The molecule has 6 nitrogen and oxygen atoms in total. The van der Waals surface area contributed by atoms with Crippen LogP contribution in [0.25, 0.3) is 0 Å². The van der Waals surface area contributed by atoms with E-state index < -0.39 is 6.04 Å². The molecule has 0 bridgehead atoms. The minimum Gasteiger partial charge on any atom is -0.497 e. The van der Waals surface area contributed by atoms with Crippen LogP contribution in [0.1, 0.15) is 56.2 Å². The van der Waals surface area contributed by atoms with Crippen molar-refractivity contribution in [3.05, 3.63) is 95.6 Å². The number of hydrogen-bond acceptors (Lipinski definition) is 4. The molecule has 1 N–H and O–H groups in total. The highest BCUT2D eigenvalue weighted by molar-refractivity contribution is 5.88. The van der Waals surface area contributed by atoms with Crippen molar-refractivity contribution in [1.82, 2.24) is 10.2 Å². The molecule has 0 radical (unpaired) electrons. The summed E-state index contributed by atoms with van der Waals surface area (Å²) in [6.07, 6.45) is 2.25. The second-order valence-electron chi connectivity index (χ2n) is 9.70. The number of nitrogens with zero attached hydrogens (tertiary/aromatic N) is 1. The lowest BCUT2D eigenvalue weighted by atomic mass is 10.0. The zero-order valence-electron chi connectivity index (χ0n) is 23.0. The summed E-state index contributed by atoms with van der Waals surface area (Å²) in [5.41, 5.74) is 2.90. The summed E-state index contributed by atoms with van der Waals surface area (Å²) in [5, 5.41) is 3.05. The molecule has 1 unspecified atom stereocenters. The summed E-state index contributed by atoms with van der Waals surface area (Å²) in [5.74, 6) is 1.22. The molecule has 0 spiro atoms. The lowest BCUT2D eigenvalue weighted by Gasteiger charge is -2.31. The van der Waals surface area contributed by atoms with Gasteiger partial charge < -0.3 is 19.7 Å². The number of carbonyl (C=O) groups is 2. The Morgan fingerprint density at radius 1 is 0.921 bits per heavy atom. The predicted octanol–water partition coefficient (Wildman–Crippen LogP) is 5.75. The van der Waals surface area contributed by atoms with Crippen LogP contribution in [-0.2, 0) is 22.6 Å². The van der Waals surface area contributed by atoms with Crippen LogP contribution in [0.3, 0.4) is 0 Å². The first kappa shape index (κ1) is 28.8. The summed E-state index contributed by atoms with van der Waals surface area (Å²) in [4.78, 5) is 29.0. The van der Waals surface area contributed by atoms with Crippen LogP contribution in [0, 0.1) is 0 Å². The number of benzene rings is 3. The molecule has 1 atom stereocenters.